The molecular formula is C24H32N3O3+. The molecule has 30 heavy (non-hydrogen) atoms. The third-order valence-electron chi connectivity index (χ3n) is 5.50. The van der Waals surface area contributed by atoms with E-state index in [4.69, 9.17) is 4.74 Å². The molecule has 0 bridgehead atoms. The van der Waals surface area contributed by atoms with Gasteiger partial charge in [-0.15, -0.1) is 0 Å². The molecule has 1 aliphatic rings. The molecular weight excluding hydrogens is 378 g/mol. The quantitative estimate of drug-likeness (QED) is 0.650. The number of rotatable bonds is 9. The van der Waals surface area contributed by atoms with Crippen LogP contribution in [0.25, 0.3) is 0 Å². The molecule has 2 N–H and O–H groups in total. The Morgan fingerprint density at radius 2 is 1.73 bits per heavy atom. The van der Waals surface area contributed by atoms with Crippen molar-refractivity contribution in [1.29, 1.82) is 0 Å². The number of anilines is 1. The lowest BCUT2D eigenvalue weighted by Gasteiger charge is -2.34. The van der Waals surface area contributed by atoms with Crippen molar-refractivity contribution in [2.45, 2.75) is 26.3 Å². The number of Topliss-reactive ketones (excluding diaryl/α,β-unsaturated/α-hetero) is 1. The predicted molar refractivity (Wildman–Crippen MR) is 118 cm³/mol. The summed E-state index contributed by atoms with van der Waals surface area (Å²) in [6.07, 6.45) is 0.527. The summed E-state index contributed by atoms with van der Waals surface area (Å²) in [5.74, 6) is 0.829. The van der Waals surface area contributed by atoms with Crippen molar-refractivity contribution in [3.63, 3.8) is 0 Å². The van der Waals surface area contributed by atoms with Crippen molar-refractivity contribution in [3.8, 4) is 5.75 Å². The lowest BCUT2D eigenvalue weighted by Crippen LogP contribution is -3.16. The lowest BCUT2D eigenvalue weighted by atomic mass is 10.0. The molecule has 1 atom stereocenters. The molecule has 2 aromatic carbocycles. The minimum atomic E-state index is -0.473. The zero-order chi connectivity index (χ0) is 21.3. The smallest absolute Gasteiger partial charge is 0.275 e. The fourth-order valence-electron chi connectivity index (χ4n) is 3.86. The third-order valence-corrected chi connectivity index (χ3v) is 5.50. The van der Waals surface area contributed by atoms with Crippen LogP contribution in [0, 0.1) is 0 Å². The first-order valence-electron chi connectivity index (χ1n) is 10.7. The Morgan fingerprint density at radius 3 is 2.40 bits per heavy atom. The number of amides is 1. The van der Waals surface area contributed by atoms with E-state index in [2.05, 4.69) is 16.3 Å². The summed E-state index contributed by atoms with van der Waals surface area (Å²) < 4.78 is 5.75. The van der Waals surface area contributed by atoms with E-state index in [1.165, 1.54) is 11.8 Å². The van der Waals surface area contributed by atoms with Crippen LogP contribution < -0.4 is 19.9 Å². The van der Waals surface area contributed by atoms with Crippen LogP contribution in [0.1, 0.15) is 19.4 Å². The van der Waals surface area contributed by atoms with Gasteiger partial charge < -0.3 is 19.9 Å². The Morgan fingerprint density at radius 1 is 1.07 bits per heavy atom. The zero-order valence-electron chi connectivity index (χ0n) is 17.9. The number of nitrogens with one attached hydrogen (secondary N) is 2. The molecule has 2 aromatic rings. The maximum Gasteiger partial charge on any atom is 0.275 e. The molecule has 3 rings (SSSR count). The summed E-state index contributed by atoms with van der Waals surface area (Å²) in [6.45, 7) is 8.04. The van der Waals surface area contributed by atoms with Crippen molar-refractivity contribution in [2.75, 3.05) is 44.2 Å². The molecule has 1 saturated heterocycles. The van der Waals surface area contributed by atoms with Gasteiger partial charge >= 0.3 is 0 Å². The number of para-hydroxylation sites is 2. The topological polar surface area (TPSA) is 63.1 Å². The number of quaternary nitrogens is 1. The van der Waals surface area contributed by atoms with Gasteiger partial charge in [0.2, 0.25) is 0 Å². The molecule has 160 valence electrons. The van der Waals surface area contributed by atoms with Crippen LogP contribution in [0.4, 0.5) is 5.69 Å². The minimum Gasteiger partial charge on any atom is -0.492 e. The summed E-state index contributed by atoms with van der Waals surface area (Å²) in [5, 5.41) is 2.94. The SMILES string of the molecule is CCOc1ccccc1N1CC[NH+](CC(=O)N[C@@H](Cc2ccccc2)C(C)=O)CC1. The summed E-state index contributed by atoms with van der Waals surface area (Å²) in [7, 11) is 0. The van der Waals surface area contributed by atoms with E-state index in [9.17, 15) is 9.59 Å². The second-order valence-corrected chi connectivity index (χ2v) is 7.74. The highest BCUT2D eigenvalue weighted by Gasteiger charge is 2.25. The molecule has 1 fully saturated rings. The Bertz CT molecular complexity index is 833. The van der Waals surface area contributed by atoms with Gasteiger partial charge in [-0.25, -0.2) is 0 Å². The number of piperazine rings is 1. The van der Waals surface area contributed by atoms with Crippen LogP contribution in [0.15, 0.2) is 54.6 Å². The molecule has 1 aliphatic heterocycles. The van der Waals surface area contributed by atoms with Crippen LogP contribution >= 0.6 is 0 Å². The van der Waals surface area contributed by atoms with E-state index >= 15 is 0 Å². The Balaban J connectivity index is 1.50. The monoisotopic (exact) mass is 410 g/mol. The number of carbonyl (C=O) groups excluding carboxylic acids is 2. The number of benzene rings is 2. The summed E-state index contributed by atoms with van der Waals surface area (Å²) in [4.78, 5) is 28.2. The number of nitrogens with zero attached hydrogens (tertiary/aromatic N) is 1. The van der Waals surface area contributed by atoms with E-state index in [1.807, 2.05) is 55.5 Å². The van der Waals surface area contributed by atoms with E-state index in [0.717, 1.165) is 43.2 Å². The van der Waals surface area contributed by atoms with Crippen LogP contribution in [0.3, 0.4) is 0 Å². The maximum atomic E-state index is 12.6. The van der Waals surface area contributed by atoms with Gasteiger partial charge in [0.25, 0.3) is 5.91 Å². The molecule has 0 aromatic heterocycles. The van der Waals surface area contributed by atoms with E-state index in [0.29, 0.717) is 19.6 Å². The lowest BCUT2D eigenvalue weighted by molar-refractivity contribution is -0.892. The Labute approximate surface area is 178 Å². The van der Waals surface area contributed by atoms with Gasteiger partial charge in [-0.05, 0) is 38.0 Å². The molecule has 1 amide bonds. The molecule has 0 aliphatic carbocycles. The summed E-state index contributed by atoms with van der Waals surface area (Å²) in [5.41, 5.74) is 2.16. The largest absolute Gasteiger partial charge is 0.492 e. The predicted octanol–water partition coefficient (Wildman–Crippen LogP) is 1.11. The van der Waals surface area contributed by atoms with E-state index in [1.54, 1.807) is 0 Å². The van der Waals surface area contributed by atoms with Gasteiger partial charge in [0, 0.05) is 0 Å². The van der Waals surface area contributed by atoms with Crippen molar-refractivity contribution in [2.24, 2.45) is 0 Å². The van der Waals surface area contributed by atoms with Crippen LogP contribution in [0.2, 0.25) is 0 Å². The second-order valence-electron chi connectivity index (χ2n) is 7.74. The highest BCUT2D eigenvalue weighted by Crippen LogP contribution is 2.27. The molecule has 0 radical (unpaired) electrons. The molecule has 0 spiro atoms. The Kier molecular flexibility index (Phi) is 7.85. The fraction of sp³-hybridized carbons (Fsp3) is 0.417. The first-order valence-corrected chi connectivity index (χ1v) is 10.7. The molecule has 6 heteroatoms. The minimum absolute atomic E-state index is 0.0143. The van der Waals surface area contributed by atoms with Crippen molar-refractivity contribution in [3.05, 3.63) is 60.2 Å². The fourth-order valence-corrected chi connectivity index (χ4v) is 3.86. The normalized spacial score (nSPS) is 15.5. The second kappa shape index (κ2) is 10.8. The van der Waals surface area contributed by atoms with Gasteiger partial charge in [-0.1, -0.05) is 42.5 Å². The van der Waals surface area contributed by atoms with Gasteiger partial charge in [0.1, 0.15) is 5.75 Å². The van der Waals surface area contributed by atoms with Crippen molar-refractivity contribution in [1.82, 2.24) is 5.32 Å². The molecule has 0 unspecified atom stereocenters. The average molecular weight is 411 g/mol. The van der Waals surface area contributed by atoms with E-state index < -0.39 is 6.04 Å². The average Bonchev–Trinajstić information content (AvgIpc) is 2.75. The summed E-state index contributed by atoms with van der Waals surface area (Å²) >= 11 is 0. The van der Waals surface area contributed by atoms with Gasteiger partial charge in [0.15, 0.2) is 12.3 Å². The van der Waals surface area contributed by atoms with E-state index in [-0.39, 0.29) is 11.7 Å². The van der Waals surface area contributed by atoms with Gasteiger partial charge in [-0.2, -0.15) is 0 Å². The summed E-state index contributed by atoms with van der Waals surface area (Å²) in [6, 6.07) is 17.4. The zero-order valence-corrected chi connectivity index (χ0v) is 17.9. The highest BCUT2D eigenvalue weighted by molar-refractivity contribution is 5.88. The standard InChI is InChI=1S/C24H31N3O3/c1-3-30-23-12-8-7-11-22(23)27-15-13-26(14-16-27)18-24(29)25-21(19(2)28)17-20-9-5-4-6-10-20/h4-12,21H,3,13-18H2,1-2H3,(H,25,29)/p+1/t21-/m0/s1. The van der Waals surface area contributed by atoms with Crippen LogP contribution in [-0.2, 0) is 16.0 Å². The van der Waals surface area contributed by atoms with Crippen LogP contribution in [-0.4, -0.2) is 57.1 Å². The first-order chi connectivity index (χ1) is 14.6. The van der Waals surface area contributed by atoms with Crippen molar-refractivity contribution >= 4 is 17.4 Å². The van der Waals surface area contributed by atoms with Crippen LogP contribution in [0.5, 0.6) is 5.75 Å². The van der Waals surface area contributed by atoms with Gasteiger partial charge in [0.05, 0.1) is 44.5 Å². The highest BCUT2D eigenvalue weighted by atomic mass is 16.5. The maximum absolute atomic E-state index is 12.6. The molecule has 6 nitrogen and oxygen atoms in total. The number of hydrogen-bond acceptors (Lipinski definition) is 4. The molecule has 0 saturated carbocycles. The first kappa shape index (κ1) is 21.8. The van der Waals surface area contributed by atoms with Crippen molar-refractivity contribution < 1.29 is 19.2 Å². The number of ether oxygens (including phenoxy) is 1. The number of hydrogen-bond donors (Lipinski definition) is 2. The van der Waals surface area contributed by atoms with Gasteiger partial charge in [-0.3, -0.25) is 9.59 Å². The third kappa shape index (κ3) is 6.07. The number of carbonyl (C=O) groups is 2. The Hall–Kier alpha value is -2.86. The number of ketones is 1. The molecule has 1 heterocycles.